The SMILES string of the molecule is CN(c1c([N+](=O)[O-])cc([N+](=O)[O-])cc1C(F)(F)F)c1c(Br)c(Cl)c(Br)c(Cl)c1C(F)(F)F. The van der Waals surface area contributed by atoms with Crippen molar-refractivity contribution in [3.63, 3.8) is 0 Å². The summed E-state index contributed by atoms with van der Waals surface area (Å²) >= 11 is 17.2. The number of nitro groups is 2. The van der Waals surface area contributed by atoms with E-state index in [2.05, 4.69) is 31.9 Å². The molecule has 0 amide bonds. The van der Waals surface area contributed by atoms with E-state index in [-0.39, 0.29) is 17.0 Å². The van der Waals surface area contributed by atoms with Gasteiger partial charge >= 0.3 is 12.4 Å². The lowest BCUT2D eigenvalue weighted by atomic mass is 10.1. The fraction of sp³-hybridized carbons (Fsp3) is 0.200. The summed E-state index contributed by atoms with van der Waals surface area (Å²) < 4.78 is 81.5. The number of halogens is 10. The molecule has 2 aromatic rings. The molecule has 0 N–H and O–H groups in total. The highest BCUT2D eigenvalue weighted by Crippen LogP contribution is 2.55. The molecular formula is C15H5Br2Cl2F6N3O4. The average Bonchev–Trinajstić information content (AvgIpc) is 2.65. The molecule has 17 heteroatoms. The van der Waals surface area contributed by atoms with Crippen LogP contribution >= 0.6 is 55.1 Å². The molecule has 0 heterocycles. The molecule has 0 spiro atoms. The Kier molecular flexibility index (Phi) is 7.29. The van der Waals surface area contributed by atoms with Crippen molar-refractivity contribution >= 4 is 77.8 Å². The van der Waals surface area contributed by atoms with Crippen molar-refractivity contribution in [3.8, 4) is 0 Å². The zero-order valence-electron chi connectivity index (χ0n) is 14.9. The number of nitrogens with zero attached hydrogens (tertiary/aromatic N) is 3. The Labute approximate surface area is 200 Å². The van der Waals surface area contributed by atoms with E-state index in [4.69, 9.17) is 23.2 Å². The minimum absolute atomic E-state index is 0.0257. The van der Waals surface area contributed by atoms with Crippen LogP contribution in [0.1, 0.15) is 11.1 Å². The maximum Gasteiger partial charge on any atom is 0.419 e. The molecule has 0 saturated carbocycles. The van der Waals surface area contributed by atoms with E-state index >= 15 is 0 Å². The third kappa shape index (κ3) is 4.75. The maximum atomic E-state index is 13.8. The number of hydrogen-bond acceptors (Lipinski definition) is 5. The zero-order valence-corrected chi connectivity index (χ0v) is 19.6. The van der Waals surface area contributed by atoms with Crippen LogP contribution in [0.15, 0.2) is 21.1 Å². The molecule has 0 aliphatic heterocycles. The number of benzene rings is 2. The molecule has 0 radical (unpaired) electrons. The van der Waals surface area contributed by atoms with E-state index in [9.17, 15) is 46.6 Å². The Morgan fingerprint density at radius 3 is 1.81 bits per heavy atom. The molecule has 32 heavy (non-hydrogen) atoms. The predicted octanol–water partition coefficient (Wildman–Crippen LogP) is 8.14. The van der Waals surface area contributed by atoms with Gasteiger partial charge in [-0.05, 0) is 31.9 Å². The third-order valence-electron chi connectivity index (χ3n) is 3.98. The van der Waals surface area contributed by atoms with Gasteiger partial charge in [0.25, 0.3) is 11.4 Å². The lowest BCUT2D eigenvalue weighted by molar-refractivity contribution is -0.394. The van der Waals surface area contributed by atoms with Gasteiger partial charge in [0, 0.05) is 13.1 Å². The van der Waals surface area contributed by atoms with Gasteiger partial charge in [-0.25, -0.2) is 0 Å². The predicted molar refractivity (Wildman–Crippen MR) is 110 cm³/mol. The molecule has 174 valence electrons. The van der Waals surface area contributed by atoms with Crippen LogP contribution in [0.5, 0.6) is 0 Å². The van der Waals surface area contributed by atoms with E-state index in [1.165, 1.54) is 0 Å². The topological polar surface area (TPSA) is 89.5 Å². The number of alkyl halides is 6. The first kappa shape index (κ1) is 26.4. The summed E-state index contributed by atoms with van der Waals surface area (Å²) in [5.41, 5.74) is -8.82. The average molecular weight is 636 g/mol. The second kappa shape index (κ2) is 8.83. The highest BCUT2D eigenvalue weighted by molar-refractivity contribution is 9.11. The molecular weight excluding hydrogens is 631 g/mol. The summed E-state index contributed by atoms with van der Waals surface area (Å²) in [6.07, 6.45) is -10.7. The smallest absolute Gasteiger partial charge is 0.337 e. The first-order chi connectivity index (χ1) is 14.4. The molecule has 7 nitrogen and oxygen atoms in total. The van der Waals surface area contributed by atoms with Gasteiger partial charge in [0.2, 0.25) is 0 Å². The highest BCUT2D eigenvalue weighted by Gasteiger charge is 2.45. The Balaban J connectivity index is 3.10. The van der Waals surface area contributed by atoms with E-state index in [1.807, 2.05) is 0 Å². The molecule has 0 unspecified atom stereocenters. The fourth-order valence-corrected chi connectivity index (χ4v) is 4.57. The van der Waals surface area contributed by atoms with E-state index in [0.717, 1.165) is 0 Å². The standard InChI is InChI=1S/C15H5Br2Cl2F6N3O4/c1-26(13-7(15(23,24)25)10(18)8(16)11(19)9(13)17)12-5(14(20,21)22)2-4(27(29)30)3-6(12)28(31)32/h2-3H,1H3. The van der Waals surface area contributed by atoms with Crippen LogP contribution in [0, 0.1) is 20.2 Å². The summed E-state index contributed by atoms with van der Waals surface area (Å²) in [5, 5.41) is 20.9. The quantitative estimate of drug-likeness (QED) is 0.111. The van der Waals surface area contributed by atoms with Crippen LogP contribution in [0.4, 0.5) is 49.1 Å². The molecule has 2 rings (SSSR count). The molecule has 0 atom stereocenters. The summed E-state index contributed by atoms with van der Waals surface area (Å²) in [6.45, 7) is 0. The number of non-ortho nitro benzene ring substituents is 1. The highest BCUT2D eigenvalue weighted by atomic mass is 79.9. The van der Waals surface area contributed by atoms with Gasteiger partial charge < -0.3 is 4.90 Å². The molecule has 0 bridgehead atoms. The molecule has 0 aromatic heterocycles. The number of nitro benzene ring substituents is 2. The van der Waals surface area contributed by atoms with Gasteiger partial charge in [0.05, 0.1) is 46.2 Å². The van der Waals surface area contributed by atoms with Crippen molar-refractivity contribution in [2.45, 2.75) is 12.4 Å². The van der Waals surface area contributed by atoms with Crippen LogP contribution in [0.2, 0.25) is 10.0 Å². The van der Waals surface area contributed by atoms with Crippen molar-refractivity contribution in [1.29, 1.82) is 0 Å². The van der Waals surface area contributed by atoms with Gasteiger partial charge in [-0.3, -0.25) is 20.2 Å². The molecule has 0 fully saturated rings. The van der Waals surface area contributed by atoms with E-state index in [1.54, 1.807) is 0 Å². The van der Waals surface area contributed by atoms with Crippen molar-refractivity contribution in [2.24, 2.45) is 0 Å². The monoisotopic (exact) mass is 633 g/mol. The number of rotatable bonds is 4. The van der Waals surface area contributed by atoms with Crippen molar-refractivity contribution in [1.82, 2.24) is 0 Å². The van der Waals surface area contributed by atoms with E-state index in [0.29, 0.717) is 7.05 Å². The minimum Gasteiger partial charge on any atom is -0.337 e. The molecule has 0 saturated heterocycles. The van der Waals surface area contributed by atoms with E-state index < -0.39 is 75.1 Å². The summed E-state index contributed by atoms with van der Waals surface area (Å²) in [4.78, 5) is 19.9. The Morgan fingerprint density at radius 2 is 1.41 bits per heavy atom. The minimum atomic E-state index is -5.42. The van der Waals surface area contributed by atoms with Crippen LogP contribution in [0.3, 0.4) is 0 Å². The second-order valence-corrected chi connectivity index (χ2v) is 8.25. The van der Waals surface area contributed by atoms with Gasteiger partial charge in [-0.2, -0.15) is 26.3 Å². The largest absolute Gasteiger partial charge is 0.419 e. The molecule has 0 aliphatic rings. The lowest BCUT2D eigenvalue weighted by Gasteiger charge is -2.28. The van der Waals surface area contributed by atoms with Crippen molar-refractivity contribution in [3.05, 3.63) is 62.5 Å². The van der Waals surface area contributed by atoms with Crippen LogP contribution in [0.25, 0.3) is 0 Å². The Morgan fingerprint density at radius 1 is 0.875 bits per heavy atom. The summed E-state index contributed by atoms with van der Waals surface area (Å²) in [6, 6.07) is 0.173. The zero-order chi connectivity index (χ0) is 24.9. The fourth-order valence-electron chi connectivity index (χ4n) is 2.72. The van der Waals surface area contributed by atoms with Crippen LogP contribution in [-0.2, 0) is 12.4 Å². The van der Waals surface area contributed by atoms with Gasteiger partial charge in [-0.1, -0.05) is 23.2 Å². The Bertz CT molecular complexity index is 1140. The summed E-state index contributed by atoms with van der Waals surface area (Å²) in [5.74, 6) is 0. The van der Waals surface area contributed by atoms with Gasteiger partial charge in [0.1, 0.15) is 11.3 Å². The normalized spacial score (nSPS) is 12.1. The number of anilines is 2. The summed E-state index contributed by atoms with van der Waals surface area (Å²) in [7, 11) is 0.666. The van der Waals surface area contributed by atoms with Gasteiger partial charge in [0.15, 0.2) is 0 Å². The van der Waals surface area contributed by atoms with Crippen LogP contribution in [-0.4, -0.2) is 16.9 Å². The third-order valence-corrected chi connectivity index (χ3v) is 6.99. The molecule has 0 aliphatic carbocycles. The molecule has 2 aromatic carbocycles. The second-order valence-electron chi connectivity index (χ2n) is 5.91. The van der Waals surface area contributed by atoms with Gasteiger partial charge in [-0.15, -0.1) is 0 Å². The first-order valence-electron chi connectivity index (χ1n) is 7.62. The maximum absolute atomic E-state index is 13.8. The number of hydrogen-bond donors (Lipinski definition) is 0. The van der Waals surface area contributed by atoms with Crippen molar-refractivity contribution in [2.75, 3.05) is 11.9 Å². The Hall–Kier alpha value is -1.84. The van der Waals surface area contributed by atoms with Crippen molar-refractivity contribution < 1.29 is 36.2 Å². The first-order valence-corrected chi connectivity index (χ1v) is 9.96. The lowest BCUT2D eigenvalue weighted by Crippen LogP contribution is -2.23. The van der Waals surface area contributed by atoms with Crippen LogP contribution < -0.4 is 4.90 Å².